The van der Waals surface area contributed by atoms with Crippen molar-refractivity contribution in [2.45, 2.75) is 64.8 Å². The Labute approximate surface area is 117 Å². The predicted molar refractivity (Wildman–Crippen MR) is 78.3 cm³/mol. The van der Waals surface area contributed by atoms with E-state index in [2.05, 4.69) is 52.0 Å². The molecule has 0 saturated carbocycles. The minimum absolute atomic E-state index is 0.00202. The molecule has 0 bridgehead atoms. The van der Waals surface area contributed by atoms with E-state index in [0.717, 1.165) is 19.3 Å². The molecule has 1 saturated heterocycles. The summed E-state index contributed by atoms with van der Waals surface area (Å²) in [5, 5.41) is 0. The van der Waals surface area contributed by atoms with Gasteiger partial charge in [0.15, 0.2) is 0 Å². The maximum absolute atomic E-state index is 6.23. The minimum atomic E-state index is -0.0772. The van der Waals surface area contributed by atoms with Crippen LogP contribution in [0.25, 0.3) is 0 Å². The number of hydrogen-bond donors (Lipinski definition) is 0. The standard InChI is InChI=1S/C17H26O2/c1-5-17(11-10-16(3,4)19-17)13-18-12-15-9-7-6-8-14(15)2/h6-9H,5,10-13H2,1-4H3. The third-order valence-electron chi connectivity index (χ3n) is 4.20. The summed E-state index contributed by atoms with van der Waals surface area (Å²) in [6, 6.07) is 8.39. The van der Waals surface area contributed by atoms with Crippen LogP contribution in [0.1, 0.15) is 51.2 Å². The van der Waals surface area contributed by atoms with E-state index in [4.69, 9.17) is 9.47 Å². The molecule has 1 heterocycles. The Kier molecular flexibility index (Phi) is 4.32. The molecule has 2 nitrogen and oxygen atoms in total. The Morgan fingerprint density at radius 1 is 1.21 bits per heavy atom. The molecule has 0 aromatic heterocycles. The minimum Gasteiger partial charge on any atom is -0.374 e. The van der Waals surface area contributed by atoms with Crippen molar-refractivity contribution < 1.29 is 9.47 Å². The van der Waals surface area contributed by atoms with E-state index in [-0.39, 0.29) is 11.2 Å². The zero-order valence-corrected chi connectivity index (χ0v) is 12.7. The Morgan fingerprint density at radius 3 is 2.53 bits per heavy atom. The van der Waals surface area contributed by atoms with Gasteiger partial charge in [-0.25, -0.2) is 0 Å². The SMILES string of the molecule is CCC1(COCc2ccccc2C)CCC(C)(C)O1. The first kappa shape index (κ1) is 14.5. The molecule has 0 N–H and O–H groups in total. The van der Waals surface area contributed by atoms with Crippen LogP contribution >= 0.6 is 0 Å². The first-order valence-electron chi connectivity index (χ1n) is 7.29. The van der Waals surface area contributed by atoms with Crippen molar-refractivity contribution in [1.82, 2.24) is 0 Å². The summed E-state index contributed by atoms with van der Waals surface area (Å²) in [6.07, 6.45) is 3.24. The van der Waals surface area contributed by atoms with Crippen LogP contribution < -0.4 is 0 Å². The first-order valence-corrected chi connectivity index (χ1v) is 7.29. The van der Waals surface area contributed by atoms with Crippen LogP contribution in [0.2, 0.25) is 0 Å². The quantitative estimate of drug-likeness (QED) is 0.789. The topological polar surface area (TPSA) is 18.5 Å². The van der Waals surface area contributed by atoms with Gasteiger partial charge in [-0.2, -0.15) is 0 Å². The fraction of sp³-hybridized carbons (Fsp3) is 0.647. The summed E-state index contributed by atoms with van der Waals surface area (Å²) >= 11 is 0. The van der Waals surface area contributed by atoms with E-state index in [1.807, 2.05) is 0 Å². The third-order valence-corrected chi connectivity index (χ3v) is 4.20. The monoisotopic (exact) mass is 262 g/mol. The Hall–Kier alpha value is -0.860. The Bertz CT molecular complexity index is 425. The highest BCUT2D eigenvalue weighted by molar-refractivity contribution is 5.24. The highest BCUT2D eigenvalue weighted by atomic mass is 16.6. The molecule has 1 aliphatic rings. The molecular weight excluding hydrogens is 236 g/mol. The van der Waals surface area contributed by atoms with E-state index >= 15 is 0 Å². The maximum Gasteiger partial charge on any atom is 0.0920 e. The predicted octanol–water partition coefficient (Wildman–Crippen LogP) is 4.25. The highest BCUT2D eigenvalue weighted by Gasteiger charge is 2.43. The molecule has 1 aromatic carbocycles. The molecule has 1 atom stereocenters. The van der Waals surface area contributed by atoms with Crippen molar-refractivity contribution in [1.29, 1.82) is 0 Å². The van der Waals surface area contributed by atoms with Gasteiger partial charge in [0.1, 0.15) is 0 Å². The average molecular weight is 262 g/mol. The molecule has 0 radical (unpaired) electrons. The Morgan fingerprint density at radius 2 is 1.95 bits per heavy atom. The van der Waals surface area contributed by atoms with Gasteiger partial charge in [-0.15, -0.1) is 0 Å². The van der Waals surface area contributed by atoms with E-state index in [1.165, 1.54) is 11.1 Å². The van der Waals surface area contributed by atoms with Crippen LogP contribution in [-0.4, -0.2) is 17.8 Å². The molecule has 1 aliphatic heterocycles. The lowest BCUT2D eigenvalue weighted by atomic mass is 9.96. The normalized spacial score (nSPS) is 25.7. The van der Waals surface area contributed by atoms with Gasteiger partial charge in [0, 0.05) is 0 Å². The molecule has 19 heavy (non-hydrogen) atoms. The van der Waals surface area contributed by atoms with Gasteiger partial charge in [-0.3, -0.25) is 0 Å². The third kappa shape index (κ3) is 3.58. The summed E-state index contributed by atoms with van der Waals surface area (Å²) in [6.45, 7) is 10.0. The van der Waals surface area contributed by atoms with Crippen LogP contribution in [0.3, 0.4) is 0 Å². The first-order chi connectivity index (χ1) is 8.96. The molecule has 2 rings (SSSR count). The summed E-state index contributed by atoms with van der Waals surface area (Å²) in [4.78, 5) is 0. The average Bonchev–Trinajstić information content (AvgIpc) is 2.68. The van der Waals surface area contributed by atoms with Crippen molar-refractivity contribution in [2.24, 2.45) is 0 Å². The second-order valence-electron chi connectivity index (χ2n) is 6.32. The number of benzene rings is 1. The second kappa shape index (κ2) is 5.64. The largest absolute Gasteiger partial charge is 0.374 e. The molecule has 0 aliphatic carbocycles. The van der Waals surface area contributed by atoms with Gasteiger partial charge in [0.05, 0.1) is 24.4 Å². The maximum atomic E-state index is 6.23. The second-order valence-corrected chi connectivity index (χ2v) is 6.32. The van der Waals surface area contributed by atoms with Gasteiger partial charge in [0.25, 0.3) is 0 Å². The molecule has 0 spiro atoms. The molecular formula is C17H26O2. The van der Waals surface area contributed by atoms with Crippen molar-refractivity contribution in [3.63, 3.8) is 0 Å². The van der Waals surface area contributed by atoms with Crippen molar-refractivity contribution in [3.8, 4) is 0 Å². The summed E-state index contributed by atoms with van der Waals surface area (Å²) in [5.74, 6) is 0. The number of hydrogen-bond acceptors (Lipinski definition) is 2. The lowest BCUT2D eigenvalue weighted by Gasteiger charge is -2.30. The number of aryl methyl sites for hydroxylation is 1. The van der Waals surface area contributed by atoms with Crippen LogP contribution in [0.5, 0.6) is 0 Å². The van der Waals surface area contributed by atoms with Crippen molar-refractivity contribution in [3.05, 3.63) is 35.4 Å². The molecule has 1 fully saturated rings. The van der Waals surface area contributed by atoms with Gasteiger partial charge >= 0.3 is 0 Å². The molecule has 2 heteroatoms. The Balaban J connectivity index is 1.90. The van der Waals surface area contributed by atoms with Crippen LogP contribution in [0.4, 0.5) is 0 Å². The van der Waals surface area contributed by atoms with Crippen LogP contribution in [0.15, 0.2) is 24.3 Å². The summed E-state index contributed by atoms with van der Waals surface area (Å²) in [5.41, 5.74) is 2.49. The molecule has 106 valence electrons. The zero-order chi connectivity index (χ0) is 13.9. The van der Waals surface area contributed by atoms with Crippen LogP contribution in [-0.2, 0) is 16.1 Å². The van der Waals surface area contributed by atoms with E-state index in [0.29, 0.717) is 13.2 Å². The summed E-state index contributed by atoms with van der Waals surface area (Å²) < 4.78 is 12.2. The lowest BCUT2D eigenvalue weighted by molar-refractivity contribution is -0.126. The van der Waals surface area contributed by atoms with Crippen LogP contribution in [0, 0.1) is 6.92 Å². The van der Waals surface area contributed by atoms with Crippen molar-refractivity contribution in [2.75, 3.05) is 6.61 Å². The number of rotatable bonds is 5. The van der Waals surface area contributed by atoms with E-state index in [9.17, 15) is 0 Å². The van der Waals surface area contributed by atoms with Gasteiger partial charge < -0.3 is 9.47 Å². The number of ether oxygens (including phenoxy) is 2. The van der Waals surface area contributed by atoms with Gasteiger partial charge in [-0.05, 0) is 51.2 Å². The van der Waals surface area contributed by atoms with E-state index in [1.54, 1.807) is 0 Å². The smallest absolute Gasteiger partial charge is 0.0920 e. The fourth-order valence-electron chi connectivity index (χ4n) is 2.79. The zero-order valence-electron chi connectivity index (χ0n) is 12.7. The molecule has 0 amide bonds. The molecule has 1 unspecified atom stereocenters. The molecule has 1 aromatic rings. The summed E-state index contributed by atoms with van der Waals surface area (Å²) in [7, 11) is 0. The highest BCUT2D eigenvalue weighted by Crippen LogP contribution is 2.39. The van der Waals surface area contributed by atoms with Crippen molar-refractivity contribution >= 4 is 0 Å². The van der Waals surface area contributed by atoms with E-state index < -0.39 is 0 Å². The van der Waals surface area contributed by atoms with Gasteiger partial charge in [-0.1, -0.05) is 31.2 Å². The lowest BCUT2D eigenvalue weighted by Crippen LogP contribution is -2.36. The van der Waals surface area contributed by atoms with Gasteiger partial charge in [0.2, 0.25) is 0 Å². The fourth-order valence-corrected chi connectivity index (χ4v) is 2.79.